The lowest BCUT2D eigenvalue weighted by Crippen LogP contribution is -1.94. The highest BCUT2D eigenvalue weighted by Gasteiger charge is 2.10. The number of aromatic nitrogens is 2. The molecule has 2 aromatic heterocycles. The fourth-order valence-corrected chi connectivity index (χ4v) is 2.24. The normalized spacial score (nSPS) is 11.1. The van der Waals surface area contributed by atoms with E-state index in [0.717, 1.165) is 34.7 Å². The second-order valence-electron chi connectivity index (χ2n) is 4.50. The van der Waals surface area contributed by atoms with Gasteiger partial charge in [-0.15, -0.1) is 0 Å². The van der Waals surface area contributed by atoms with Crippen LogP contribution < -0.4 is 0 Å². The highest BCUT2D eigenvalue weighted by atomic mass is 35.5. The summed E-state index contributed by atoms with van der Waals surface area (Å²) < 4.78 is 5.81. The fourth-order valence-electron chi connectivity index (χ4n) is 2.04. The van der Waals surface area contributed by atoms with Crippen LogP contribution in [0.5, 0.6) is 0 Å². The van der Waals surface area contributed by atoms with Crippen LogP contribution in [0.1, 0.15) is 18.3 Å². The molecule has 2 heterocycles. The Morgan fingerprint density at radius 3 is 2.79 bits per heavy atom. The Kier molecular flexibility index (Phi) is 2.99. The first-order valence-electron chi connectivity index (χ1n) is 6.20. The highest BCUT2D eigenvalue weighted by molar-refractivity contribution is 6.29. The van der Waals surface area contributed by atoms with E-state index >= 15 is 0 Å². The van der Waals surface area contributed by atoms with Gasteiger partial charge in [-0.2, -0.15) is 0 Å². The zero-order chi connectivity index (χ0) is 13.4. The summed E-state index contributed by atoms with van der Waals surface area (Å²) in [4.78, 5) is 8.61. The summed E-state index contributed by atoms with van der Waals surface area (Å²) in [5, 5.41) is 1.52. The number of hydrogen-bond acceptors (Lipinski definition) is 3. The number of nitrogens with zero attached hydrogens (tertiary/aromatic N) is 2. The Morgan fingerprint density at radius 2 is 2.00 bits per heavy atom. The largest absolute Gasteiger partial charge is 0.454 e. The van der Waals surface area contributed by atoms with Gasteiger partial charge < -0.3 is 4.42 Å². The Balaban J connectivity index is 2.15. The van der Waals surface area contributed by atoms with E-state index in [1.165, 1.54) is 5.56 Å². The molecule has 0 saturated carbocycles. The Morgan fingerprint density at radius 1 is 1.16 bits per heavy atom. The van der Waals surface area contributed by atoms with E-state index in [-0.39, 0.29) is 0 Å². The molecule has 3 aromatic rings. The summed E-state index contributed by atoms with van der Waals surface area (Å²) >= 11 is 6.01. The van der Waals surface area contributed by atoms with E-state index < -0.39 is 0 Å². The third kappa shape index (κ3) is 2.34. The number of fused-ring (bicyclic) bond motifs is 1. The van der Waals surface area contributed by atoms with Gasteiger partial charge in [-0.25, -0.2) is 9.97 Å². The average Bonchev–Trinajstić information content (AvgIpc) is 2.80. The first-order valence-corrected chi connectivity index (χ1v) is 6.57. The van der Waals surface area contributed by atoms with Gasteiger partial charge >= 0.3 is 0 Å². The summed E-state index contributed by atoms with van der Waals surface area (Å²) in [5.74, 6) is 1.44. The van der Waals surface area contributed by atoms with Crippen molar-refractivity contribution in [3.8, 4) is 11.5 Å². The lowest BCUT2D eigenvalue weighted by molar-refractivity contribution is 0.627. The van der Waals surface area contributed by atoms with Gasteiger partial charge in [0.1, 0.15) is 22.3 Å². The van der Waals surface area contributed by atoms with Crippen molar-refractivity contribution in [3.05, 3.63) is 46.9 Å². The number of furan rings is 1. The molecule has 0 atom stereocenters. The van der Waals surface area contributed by atoms with Gasteiger partial charge in [0.25, 0.3) is 0 Å². The molecule has 0 aliphatic rings. The lowest BCUT2D eigenvalue weighted by Gasteiger charge is -2.00. The van der Waals surface area contributed by atoms with E-state index in [0.29, 0.717) is 5.15 Å². The molecule has 3 rings (SSSR count). The first-order chi connectivity index (χ1) is 9.15. The molecule has 0 aliphatic heterocycles. The first kappa shape index (κ1) is 12.2. The molecule has 96 valence electrons. The van der Waals surface area contributed by atoms with Gasteiger partial charge in [0.05, 0.1) is 0 Å². The standard InChI is InChI=1S/C15H13ClN2O/c1-3-15-17-11(8-14(16)18-15)13-7-10-6-9(2)4-5-12(10)19-13/h4-8H,3H2,1-2H3. The zero-order valence-corrected chi connectivity index (χ0v) is 11.5. The zero-order valence-electron chi connectivity index (χ0n) is 10.8. The van der Waals surface area contributed by atoms with Crippen molar-refractivity contribution in [2.45, 2.75) is 20.3 Å². The second-order valence-corrected chi connectivity index (χ2v) is 4.88. The second kappa shape index (κ2) is 4.67. The van der Waals surface area contributed by atoms with E-state index in [2.05, 4.69) is 23.0 Å². The quantitative estimate of drug-likeness (QED) is 0.649. The number of hydrogen-bond donors (Lipinski definition) is 0. The van der Waals surface area contributed by atoms with Crippen LogP contribution in [0.2, 0.25) is 5.15 Å². The van der Waals surface area contributed by atoms with E-state index in [1.807, 2.05) is 25.1 Å². The Hall–Kier alpha value is -1.87. The Bertz CT molecular complexity index is 749. The van der Waals surface area contributed by atoms with Crippen LogP contribution in [0.4, 0.5) is 0 Å². The molecular formula is C15H13ClN2O. The molecule has 0 radical (unpaired) electrons. The van der Waals surface area contributed by atoms with Gasteiger partial charge in [-0.1, -0.05) is 30.2 Å². The lowest BCUT2D eigenvalue weighted by atomic mass is 10.2. The third-order valence-corrected chi connectivity index (χ3v) is 3.18. The summed E-state index contributed by atoms with van der Waals surface area (Å²) in [6.45, 7) is 4.06. The summed E-state index contributed by atoms with van der Waals surface area (Å²) in [6, 6.07) is 9.80. The third-order valence-electron chi connectivity index (χ3n) is 2.98. The SMILES string of the molecule is CCc1nc(Cl)cc(-c2cc3cc(C)ccc3o2)n1. The topological polar surface area (TPSA) is 38.9 Å². The maximum absolute atomic E-state index is 6.01. The van der Waals surface area contributed by atoms with Gasteiger partial charge in [-0.05, 0) is 25.1 Å². The molecule has 0 bridgehead atoms. The molecule has 1 aromatic carbocycles. The number of benzene rings is 1. The number of aryl methyl sites for hydroxylation is 2. The van der Waals surface area contributed by atoms with Crippen molar-refractivity contribution in [1.29, 1.82) is 0 Å². The predicted octanol–water partition coefficient (Wildman–Crippen LogP) is 4.41. The minimum Gasteiger partial charge on any atom is -0.454 e. The van der Waals surface area contributed by atoms with Crippen molar-refractivity contribution in [2.24, 2.45) is 0 Å². The van der Waals surface area contributed by atoms with Crippen LogP contribution in [0.25, 0.3) is 22.4 Å². The maximum atomic E-state index is 6.01. The summed E-state index contributed by atoms with van der Waals surface area (Å²) in [5.41, 5.74) is 2.79. The molecule has 0 N–H and O–H groups in total. The van der Waals surface area contributed by atoms with Crippen LogP contribution in [0.15, 0.2) is 34.7 Å². The molecule has 0 amide bonds. The van der Waals surface area contributed by atoms with E-state index in [4.69, 9.17) is 16.0 Å². The number of halogens is 1. The molecule has 3 nitrogen and oxygen atoms in total. The monoisotopic (exact) mass is 272 g/mol. The van der Waals surface area contributed by atoms with Crippen molar-refractivity contribution >= 4 is 22.6 Å². The molecule has 19 heavy (non-hydrogen) atoms. The Labute approximate surface area is 116 Å². The van der Waals surface area contributed by atoms with Gasteiger partial charge in [-0.3, -0.25) is 0 Å². The molecular weight excluding hydrogens is 260 g/mol. The van der Waals surface area contributed by atoms with E-state index in [9.17, 15) is 0 Å². The average molecular weight is 273 g/mol. The van der Waals surface area contributed by atoms with Crippen molar-refractivity contribution in [2.75, 3.05) is 0 Å². The van der Waals surface area contributed by atoms with Crippen molar-refractivity contribution < 1.29 is 4.42 Å². The van der Waals surface area contributed by atoms with Gasteiger partial charge in [0.15, 0.2) is 5.76 Å². The van der Waals surface area contributed by atoms with Crippen molar-refractivity contribution in [3.63, 3.8) is 0 Å². The van der Waals surface area contributed by atoms with Gasteiger partial charge in [0.2, 0.25) is 0 Å². The predicted molar refractivity (Wildman–Crippen MR) is 76.4 cm³/mol. The summed E-state index contributed by atoms with van der Waals surface area (Å²) in [7, 11) is 0. The smallest absolute Gasteiger partial charge is 0.153 e. The van der Waals surface area contributed by atoms with Crippen LogP contribution >= 0.6 is 11.6 Å². The minimum atomic E-state index is 0.443. The van der Waals surface area contributed by atoms with Crippen LogP contribution in [-0.4, -0.2) is 9.97 Å². The van der Waals surface area contributed by atoms with E-state index in [1.54, 1.807) is 6.07 Å². The van der Waals surface area contributed by atoms with Crippen molar-refractivity contribution in [1.82, 2.24) is 9.97 Å². The fraction of sp³-hybridized carbons (Fsp3) is 0.200. The molecule has 0 aliphatic carbocycles. The number of rotatable bonds is 2. The highest BCUT2D eigenvalue weighted by Crippen LogP contribution is 2.28. The summed E-state index contributed by atoms with van der Waals surface area (Å²) in [6.07, 6.45) is 0.743. The molecule has 4 heteroatoms. The van der Waals surface area contributed by atoms with Crippen LogP contribution in [-0.2, 0) is 6.42 Å². The maximum Gasteiger partial charge on any atom is 0.153 e. The minimum absolute atomic E-state index is 0.443. The van der Waals surface area contributed by atoms with Crippen LogP contribution in [0.3, 0.4) is 0 Å². The molecule has 0 fully saturated rings. The van der Waals surface area contributed by atoms with Crippen LogP contribution in [0, 0.1) is 6.92 Å². The van der Waals surface area contributed by atoms with Gasteiger partial charge in [0, 0.05) is 17.9 Å². The molecule has 0 spiro atoms. The molecule has 0 saturated heterocycles. The molecule has 0 unspecified atom stereocenters.